The van der Waals surface area contributed by atoms with Crippen molar-refractivity contribution in [3.05, 3.63) is 53.3 Å². The zero-order valence-electron chi connectivity index (χ0n) is 11.9. The highest BCUT2D eigenvalue weighted by Gasteiger charge is 2.19. The molecular weight excluding hydrogens is 274 g/mol. The molecule has 1 unspecified atom stereocenters. The van der Waals surface area contributed by atoms with E-state index in [1.165, 1.54) is 0 Å². The molecule has 1 aromatic carbocycles. The molecule has 5 nitrogen and oxygen atoms in total. The minimum atomic E-state index is -3.38. The second kappa shape index (κ2) is 5.76. The Balaban J connectivity index is 2.10. The number of nitrogens with one attached hydrogen (secondary N) is 1. The van der Waals surface area contributed by atoms with Crippen LogP contribution in [0.25, 0.3) is 0 Å². The van der Waals surface area contributed by atoms with E-state index in [1.807, 2.05) is 45.3 Å². The van der Waals surface area contributed by atoms with Gasteiger partial charge in [0.1, 0.15) is 0 Å². The molecule has 2 rings (SSSR count). The van der Waals surface area contributed by atoms with Crippen molar-refractivity contribution in [2.24, 2.45) is 7.05 Å². The molecule has 108 valence electrons. The van der Waals surface area contributed by atoms with Crippen LogP contribution in [0.1, 0.15) is 29.8 Å². The first-order valence-electron chi connectivity index (χ1n) is 6.41. The second-order valence-corrected chi connectivity index (χ2v) is 6.68. The second-order valence-electron chi connectivity index (χ2n) is 4.93. The van der Waals surface area contributed by atoms with Crippen LogP contribution in [0.15, 0.2) is 36.5 Å². The predicted octanol–water partition coefficient (Wildman–Crippen LogP) is 1.91. The first-order chi connectivity index (χ1) is 9.37. The first-order valence-corrected chi connectivity index (χ1v) is 8.07. The van der Waals surface area contributed by atoms with Crippen molar-refractivity contribution >= 4 is 10.0 Å². The van der Waals surface area contributed by atoms with Crippen molar-refractivity contribution in [2.45, 2.75) is 25.6 Å². The van der Waals surface area contributed by atoms with Crippen molar-refractivity contribution in [2.75, 3.05) is 0 Å². The maximum atomic E-state index is 12.2. The predicted molar refractivity (Wildman–Crippen MR) is 78.6 cm³/mol. The smallest absolute Gasteiger partial charge is 0.216 e. The molecule has 0 aliphatic carbocycles. The van der Waals surface area contributed by atoms with E-state index in [-0.39, 0.29) is 11.8 Å². The van der Waals surface area contributed by atoms with Gasteiger partial charge >= 0.3 is 0 Å². The standard InChI is InChI=1S/C14H19N3O2S/c1-11-14(9-17(3)15-11)12(2)16-20(18,19)10-13-7-5-4-6-8-13/h4-9,12,16H,10H2,1-3H3. The van der Waals surface area contributed by atoms with Crippen molar-refractivity contribution in [1.82, 2.24) is 14.5 Å². The van der Waals surface area contributed by atoms with Crippen LogP contribution in [0.3, 0.4) is 0 Å². The van der Waals surface area contributed by atoms with Crippen molar-refractivity contribution < 1.29 is 8.42 Å². The highest BCUT2D eigenvalue weighted by atomic mass is 32.2. The number of aromatic nitrogens is 2. The van der Waals surface area contributed by atoms with Crippen LogP contribution in [-0.4, -0.2) is 18.2 Å². The van der Waals surface area contributed by atoms with Crippen LogP contribution < -0.4 is 4.72 Å². The number of hydrogen-bond acceptors (Lipinski definition) is 3. The van der Waals surface area contributed by atoms with Gasteiger partial charge in [-0.05, 0) is 19.4 Å². The van der Waals surface area contributed by atoms with Crippen LogP contribution in [0.2, 0.25) is 0 Å². The SMILES string of the molecule is Cc1nn(C)cc1C(C)NS(=O)(=O)Cc1ccccc1. The lowest BCUT2D eigenvalue weighted by Gasteiger charge is -2.13. The summed E-state index contributed by atoms with van der Waals surface area (Å²) in [6, 6.07) is 8.85. The summed E-state index contributed by atoms with van der Waals surface area (Å²) in [5.41, 5.74) is 2.50. The van der Waals surface area contributed by atoms with E-state index in [4.69, 9.17) is 0 Å². The minimum absolute atomic E-state index is 0.0164. The first kappa shape index (κ1) is 14.7. The van der Waals surface area contributed by atoms with E-state index in [0.717, 1.165) is 16.8 Å². The molecule has 20 heavy (non-hydrogen) atoms. The molecule has 0 fully saturated rings. The molecule has 6 heteroatoms. The molecule has 0 spiro atoms. The van der Waals surface area contributed by atoms with Gasteiger partial charge in [0.05, 0.1) is 11.4 Å². The third-order valence-corrected chi connectivity index (χ3v) is 4.50. The summed E-state index contributed by atoms with van der Waals surface area (Å²) in [5.74, 6) is -0.0164. The molecule has 0 aliphatic heterocycles. The highest BCUT2D eigenvalue weighted by Crippen LogP contribution is 2.17. The molecule has 1 atom stereocenters. The lowest BCUT2D eigenvalue weighted by atomic mass is 10.1. The Morgan fingerprint density at radius 2 is 1.95 bits per heavy atom. The molecular formula is C14H19N3O2S. The van der Waals surface area contributed by atoms with Crippen LogP contribution in [-0.2, 0) is 22.8 Å². The lowest BCUT2D eigenvalue weighted by Crippen LogP contribution is -2.28. The van der Waals surface area contributed by atoms with E-state index in [2.05, 4.69) is 9.82 Å². The summed E-state index contributed by atoms with van der Waals surface area (Å²) in [6.45, 7) is 3.70. The fourth-order valence-corrected chi connectivity index (χ4v) is 3.59. The van der Waals surface area contributed by atoms with E-state index >= 15 is 0 Å². The summed E-state index contributed by atoms with van der Waals surface area (Å²) >= 11 is 0. The van der Waals surface area contributed by atoms with E-state index in [1.54, 1.807) is 16.8 Å². The van der Waals surface area contributed by atoms with Gasteiger partial charge in [0.25, 0.3) is 0 Å². The summed E-state index contributed by atoms with van der Waals surface area (Å²) in [5, 5.41) is 4.23. The normalized spacial score (nSPS) is 13.3. The Bertz CT molecular complexity index is 678. The number of benzene rings is 1. The van der Waals surface area contributed by atoms with Gasteiger partial charge in [0, 0.05) is 24.8 Å². The third-order valence-electron chi connectivity index (χ3n) is 3.07. The Labute approximate surface area is 119 Å². The average molecular weight is 293 g/mol. The molecule has 0 aliphatic rings. The fourth-order valence-electron chi connectivity index (χ4n) is 2.21. The highest BCUT2D eigenvalue weighted by molar-refractivity contribution is 7.88. The van der Waals surface area contributed by atoms with Gasteiger partial charge in [-0.25, -0.2) is 13.1 Å². The molecule has 0 radical (unpaired) electrons. The molecule has 2 aromatic rings. The van der Waals surface area contributed by atoms with Crippen LogP contribution in [0.4, 0.5) is 0 Å². The Morgan fingerprint density at radius 3 is 2.50 bits per heavy atom. The summed E-state index contributed by atoms with van der Waals surface area (Å²) in [4.78, 5) is 0. The van der Waals surface area contributed by atoms with Gasteiger partial charge in [0.15, 0.2) is 0 Å². The van der Waals surface area contributed by atoms with Gasteiger partial charge in [-0.15, -0.1) is 0 Å². The van der Waals surface area contributed by atoms with Crippen LogP contribution in [0, 0.1) is 6.92 Å². The number of nitrogens with zero attached hydrogens (tertiary/aromatic N) is 2. The lowest BCUT2D eigenvalue weighted by molar-refractivity contribution is 0.565. The van der Waals surface area contributed by atoms with Crippen molar-refractivity contribution in [3.8, 4) is 0 Å². The Kier molecular flexibility index (Phi) is 4.25. The Hall–Kier alpha value is -1.66. The largest absolute Gasteiger partial charge is 0.275 e. The molecule has 0 amide bonds. The van der Waals surface area contributed by atoms with Gasteiger partial charge in [0.2, 0.25) is 10.0 Å². The zero-order valence-corrected chi connectivity index (χ0v) is 12.7. The minimum Gasteiger partial charge on any atom is -0.275 e. The maximum Gasteiger partial charge on any atom is 0.216 e. The van der Waals surface area contributed by atoms with Gasteiger partial charge in [-0.2, -0.15) is 5.10 Å². The average Bonchev–Trinajstić information content (AvgIpc) is 2.68. The molecule has 1 heterocycles. The third kappa shape index (κ3) is 3.68. The number of hydrogen-bond donors (Lipinski definition) is 1. The van der Waals surface area contributed by atoms with E-state index < -0.39 is 10.0 Å². The molecule has 0 saturated carbocycles. The fraction of sp³-hybridized carbons (Fsp3) is 0.357. The number of aryl methyl sites for hydroxylation is 2. The summed E-state index contributed by atoms with van der Waals surface area (Å²) in [6.07, 6.45) is 1.84. The number of sulfonamides is 1. The van der Waals surface area contributed by atoms with Gasteiger partial charge in [-0.3, -0.25) is 4.68 Å². The monoisotopic (exact) mass is 293 g/mol. The van der Waals surface area contributed by atoms with Crippen LogP contribution in [0.5, 0.6) is 0 Å². The molecule has 1 aromatic heterocycles. The topological polar surface area (TPSA) is 64.0 Å². The van der Waals surface area contributed by atoms with Crippen molar-refractivity contribution in [3.63, 3.8) is 0 Å². The molecule has 0 saturated heterocycles. The quantitative estimate of drug-likeness (QED) is 0.916. The molecule has 0 bridgehead atoms. The van der Waals surface area contributed by atoms with Crippen LogP contribution >= 0.6 is 0 Å². The summed E-state index contributed by atoms with van der Waals surface area (Å²) < 4.78 is 28.7. The van der Waals surface area contributed by atoms with E-state index in [9.17, 15) is 8.42 Å². The number of rotatable bonds is 5. The summed E-state index contributed by atoms with van der Waals surface area (Å²) in [7, 11) is -1.56. The Morgan fingerprint density at radius 1 is 1.30 bits per heavy atom. The van der Waals surface area contributed by atoms with Crippen molar-refractivity contribution in [1.29, 1.82) is 0 Å². The van der Waals surface area contributed by atoms with Gasteiger partial charge < -0.3 is 0 Å². The zero-order chi connectivity index (χ0) is 14.8. The maximum absolute atomic E-state index is 12.2. The molecule has 1 N–H and O–H groups in total. The van der Waals surface area contributed by atoms with E-state index in [0.29, 0.717) is 0 Å². The van der Waals surface area contributed by atoms with Gasteiger partial charge in [-0.1, -0.05) is 30.3 Å².